The number of benzene rings is 3. The van der Waals surface area contributed by atoms with Gasteiger partial charge in [-0.25, -0.2) is 14.4 Å². The summed E-state index contributed by atoms with van der Waals surface area (Å²) in [5, 5.41) is 23.4. The minimum Gasteiger partial charge on any atom is -0.508 e. The maximum atomic E-state index is 13.4. The van der Waals surface area contributed by atoms with Crippen LogP contribution in [-0.4, -0.2) is 74.7 Å². The minimum atomic E-state index is -0.774. The summed E-state index contributed by atoms with van der Waals surface area (Å²) in [6.45, 7) is 5.34. The van der Waals surface area contributed by atoms with Crippen LogP contribution in [0, 0.1) is 5.41 Å². The van der Waals surface area contributed by atoms with Crippen molar-refractivity contribution in [3.05, 3.63) is 82.9 Å². The lowest BCUT2D eigenvalue weighted by molar-refractivity contribution is -0.0436. The Morgan fingerprint density at radius 1 is 0.822 bits per heavy atom. The fraction of sp³-hybridized carbons (Fsp3) is 0.281. The summed E-state index contributed by atoms with van der Waals surface area (Å²) in [5.74, 6) is -2.53. The molecule has 0 atom stereocenters. The number of rotatable bonds is 11. The highest BCUT2D eigenvalue weighted by Gasteiger charge is 2.23. The highest BCUT2D eigenvalue weighted by atomic mass is 16.7. The van der Waals surface area contributed by atoms with Crippen molar-refractivity contribution in [2.75, 3.05) is 39.5 Å². The van der Waals surface area contributed by atoms with Crippen LogP contribution in [0.15, 0.2) is 60.7 Å². The summed E-state index contributed by atoms with van der Waals surface area (Å²) in [4.78, 5) is 50.7. The number of anilines is 1. The quantitative estimate of drug-likeness (QED) is 0.0583. The number of amidine groups is 1. The highest BCUT2D eigenvalue weighted by molar-refractivity contribution is 6.11. The zero-order valence-electron chi connectivity index (χ0n) is 25.5. The fourth-order valence-electron chi connectivity index (χ4n) is 3.92. The third-order valence-corrected chi connectivity index (χ3v) is 5.96. The van der Waals surface area contributed by atoms with E-state index in [0.717, 1.165) is 0 Å². The van der Waals surface area contributed by atoms with Crippen LogP contribution in [0.2, 0.25) is 0 Å². The van der Waals surface area contributed by atoms with Gasteiger partial charge >= 0.3 is 18.0 Å². The normalized spacial score (nSPS) is 10.9. The van der Waals surface area contributed by atoms with E-state index < -0.39 is 29.5 Å². The first-order valence-electron chi connectivity index (χ1n) is 13.6. The van der Waals surface area contributed by atoms with Crippen LogP contribution in [0.25, 0.3) is 11.1 Å². The molecule has 13 heteroatoms. The van der Waals surface area contributed by atoms with Crippen molar-refractivity contribution in [1.82, 2.24) is 5.32 Å². The second-order valence-corrected chi connectivity index (χ2v) is 10.5. The zero-order chi connectivity index (χ0) is 33.1. The molecule has 4 N–H and O–H groups in total. The van der Waals surface area contributed by atoms with Gasteiger partial charge in [-0.3, -0.25) is 15.5 Å². The van der Waals surface area contributed by atoms with Gasteiger partial charge in [-0.05, 0) is 86.5 Å². The molecule has 0 fully saturated rings. The molecule has 0 radical (unpaired) electrons. The number of hydrogen-bond acceptors (Lipinski definition) is 11. The Balaban J connectivity index is 1.84. The summed E-state index contributed by atoms with van der Waals surface area (Å²) in [5.41, 5.74) is 0.560. The first-order valence-corrected chi connectivity index (χ1v) is 13.6. The molecule has 0 unspecified atom stereocenters. The Kier molecular flexibility index (Phi) is 11.8. The average molecular weight is 622 g/mol. The first kappa shape index (κ1) is 34.2. The lowest BCUT2D eigenvalue weighted by Gasteiger charge is -2.19. The Bertz CT molecular complexity index is 1560. The number of nitrogens with one attached hydrogen (secondary N) is 3. The topological polar surface area (TPSA) is 183 Å². The second kappa shape index (κ2) is 15.5. The summed E-state index contributed by atoms with van der Waals surface area (Å²) in [6.07, 6.45) is -0.774. The maximum absolute atomic E-state index is 13.4. The van der Waals surface area contributed by atoms with Crippen LogP contribution in [0.3, 0.4) is 0 Å². The summed E-state index contributed by atoms with van der Waals surface area (Å²) < 4.78 is 25.2. The van der Waals surface area contributed by atoms with Crippen LogP contribution in [-0.2, 0) is 23.7 Å². The van der Waals surface area contributed by atoms with E-state index >= 15 is 0 Å². The van der Waals surface area contributed by atoms with E-state index in [-0.39, 0.29) is 52.8 Å². The number of carbonyl (C=O) groups is 4. The molecule has 0 aliphatic rings. The van der Waals surface area contributed by atoms with Gasteiger partial charge in [0.05, 0.1) is 37.0 Å². The number of ether oxygens (including phenoxy) is 5. The third-order valence-electron chi connectivity index (χ3n) is 5.96. The largest absolute Gasteiger partial charge is 0.508 e. The van der Waals surface area contributed by atoms with E-state index in [2.05, 4.69) is 10.6 Å². The Labute approximate surface area is 259 Å². The van der Waals surface area contributed by atoms with Crippen molar-refractivity contribution in [2.45, 2.75) is 26.4 Å². The highest BCUT2D eigenvalue weighted by Crippen LogP contribution is 2.32. The van der Waals surface area contributed by atoms with Crippen LogP contribution in [0.4, 0.5) is 10.5 Å². The predicted molar refractivity (Wildman–Crippen MR) is 164 cm³/mol. The predicted octanol–water partition coefficient (Wildman–Crippen LogP) is 4.73. The van der Waals surface area contributed by atoms with E-state index in [0.29, 0.717) is 17.9 Å². The molecule has 0 saturated carbocycles. The van der Waals surface area contributed by atoms with Gasteiger partial charge in [-0.2, -0.15) is 0 Å². The van der Waals surface area contributed by atoms with Crippen LogP contribution >= 0.6 is 0 Å². The van der Waals surface area contributed by atoms with Crippen molar-refractivity contribution in [3.63, 3.8) is 0 Å². The van der Waals surface area contributed by atoms with E-state index in [1.807, 2.05) is 0 Å². The molecule has 3 aromatic carbocycles. The Morgan fingerprint density at radius 2 is 1.47 bits per heavy atom. The molecular weight excluding hydrogens is 586 g/mol. The number of amides is 2. The number of alkyl carbamates (subject to hydrolysis) is 1. The van der Waals surface area contributed by atoms with Gasteiger partial charge in [0.1, 0.15) is 17.2 Å². The Hall–Kier alpha value is -5.27. The van der Waals surface area contributed by atoms with Gasteiger partial charge in [0.15, 0.2) is 6.79 Å². The molecule has 45 heavy (non-hydrogen) atoms. The molecule has 3 aromatic rings. The van der Waals surface area contributed by atoms with E-state index in [1.54, 1.807) is 20.8 Å². The molecule has 0 aliphatic heterocycles. The van der Waals surface area contributed by atoms with Crippen molar-refractivity contribution >= 4 is 35.5 Å². The molecule has 2 amide bonds. The molecule has 0 heterocycles. The summed E-state index contributed by atoms with van der Waals surface area (Å²) >= 11 is 0. The fourth-order valence-corrected chi connectivity index (χ4v) is 3.92. The minimum absolute atomic E-state index is 0.0189. The van der Waals surface area contributed by atoms with Crippen LogP contribution in [0.1, 0.15) is 57.4 Å². The number of methoxy groups -OCH3 is 2. The monoisotopic (exact) mass is 621 g/mol. The lowest BCUT2D eigenvalue weighted by atomic mass is 9.93. The molecule has 0 saturated heterocycles. The van der Waals surface area contributed by atoms with Crippen LogP contribution in [0.5, 0.6) is 5.75 Å². The van der Waals surface area contributed by atoms with Gasteiger partial charge < -0.3 is 34.1 Å². The third kappa shape index (κ3) is 9.88. The Morgan fingerprint density at radius 3 is 2.11 bits per heavy atom. The molecule has 3 rings (SSSR count). The summed E-state index contributed by atoms with van der Waals surface area (Å²) in [7, 11) is 2.69. The van der Waals surface area contributed by atoms with Gasteiger partial charge in [0, 0.05) is 18.4 Å². The molecule has 238 valence electrons. The van der Waals surface area contributed by atoms with Gasteiger partial charge in [0.2, 0.25) is 0 Å². The van der Waals surface area contributed by atoms with Crippen LogP contribution < -0.4 is 10.6 Å². The maximum Gasteiger partial charge on any atom is 0.413 e. The van der Waals surface area contributed by atoms with Crippen molar-refractivity contribution < 1.29 is 48.0 Å². The number of phenolic OH excluding ortho intramolecular Hbond substituents is 1. The van der Waals surface area contributed by atoms with Gasteiger partial charge in [-0.1, -0.05) is 6.07 Å². The van der Waals surface area contributed by atoms with Crippen molar-refractivity contribution in [1.29, 1.82) is 5.41 Å². The number of hydrogen-bond donors (Lipinski definition) is 4. The molecule has 13 nitrogen and oxygen atoms in total. The lowest BCUT2D eigenvalue weighted by Crippen LogP contribution is -2.36. The first-order chi connectivity index (χ1) is 21.3. The molecule has 0 bridgehead atoms. The van der Waals surface area contributed by atoms with E-state index in [1.165, 1.54) is 74.9 Å². The molecular formula is C32H35N3O10. The summed E-state index contributed by atoms with van der Waals surface area (Å²) in [6, 6.07) is 14.3. The van der Waals surface area contributed by atoms with Crippen molar-refractivity contribution in [2.24, 2.45) is 0 Å². The average Bonchev–Trinajstić information content (AvgIpc) is 2.99. The van der Waals surface area contributed by atoms with Gasteiger partial charge in [-0.15, -0.1) is 0 Å². The standard InChI is InChI=1S/C32H35N3O10/c1-32(2,3)45-31(40)35-27(33)19-6-9-21(10-7-19)34-28(37)25-17-22(36)11-13-23(25)24-12-8-20(16-26(24)30(39)42-5)29(38)44-18-43-15-14-41-4/h6-13,16-17,36H,14-15,18H2,1-5H3,(H,34,37)(H2,33,35,40). The smallest absolute Gasteiger partial charge is 0.413 e. The van der Waals surface area contributed by atoms with E-state index in [4.69, 9.17) is 29.1 Å². The second-order valence-electron chi connectivity index (χ2n) is 10.5. The van der Waals surface area contributed by atoms with Crippen molar-refractivity contribution in [3.8, 4) is 16.9 Å². The number of aromatic hydroxyl groups is 1. The van der Waals surface area contributed by atoms with Gasteiger partial charge in [0.25, 0.3) is 5.91 Å². The van der Waals surface area contributed by atoms with E-state index in [9.17, 15) is 24.3 Å². The zero-order valence-corrected chi connectivity index (χ0v) is 25.5. The number of phenols is 1. The molecule has 0 spiro atoms. The molecule has 0 aromatic heterocycles. The number of carbonyl (C=O) groups excluding carboxylic acids is 4. The number of esters is 2. The molecule has 0 aliphatic carbocycles. The SMILES string of the molecule is COCCOCOC(=O)c1ccc(-c2ccc(O)cc2C(=O)Nc2ccc(C(=N)NC(=O)OC(C)(C)C)cc2)c(C(=O)OC)c1.